The number of nitrogens with zero attached hydrogens (tertiary/aromatic N) is 1. The van der Waals surface area contributed by atoms with Gasteiger partial charge in [0.1, 0.15) is 24.6 Å². The van der Waals surface area contributed by atoms with Crippen molar-refractivity contribution < 1.29 is 45.3 Å². The molecule has 3 fully saturated rings. The molecule has 3 aliphatic rings. The first kappa shape index (κ1) is 28.6. The summed E-state index contributed by atoms with van der Waals surface area (Å²) in [5.41, 5.74) is 2.18. The number of Topliss-reactive ketones (excluding diaryl/α,β-unsaturated/α-hetero) is 1. The average Bonchev–Trinajstić information content (AvgIpc) is 2.97. The fourth-order valence-corrected chi connectivity index (χ4v) is 5.82. The molecule has 1 unspecified atom stereocenters. The number of methoxy groups -OCH3 is 2. The molecule has 39 heavy (non-hydrogen) atoms. The summed E-state index contributed by atoms with van der Waals surface area (Å²) < 4.78 is 17.9. The number of carbonyl (C=O) groups is 2. The van der Waals surface area contributed by atoms with Crippen molar-refractivity contribution in [3.8, 4) is 11.5 Å². The van der Waals surface area contributed by atoms with E-state index in [1.807, 2.05) is 72.8 Å². The molecule has 7 nitrogen and oxygen atoms in total. The summed E-state index contributed by atoms with van der Waals surface area (Å²) in [6.45, 7) is 2.99. The van der Waals surface area contributed by atoms with E-state index in [0.717, 1.165) is 37.1 Å². The van der Waals surface area contributed by atoms with Crippen molar-refractivity contribution in [3.63, 3.8) is 0 Å². The van der Waals surface area contributed by atoms with Gasteiger partial charge in [-0.25, -0.2) is 4.79 Å². The van der Waals surface area contributed by atoms with E-state index in [9.17, 15) is 9.59 Å². The molecule has 3 saturated heterocycles. The van der Waals surface area contributed by atoms with Crippen molar-refractivity contribution in [2.24, 2.45) is 5.92 Å². The van der Waals surface area contributed by atoms with Gasteiger partial charge in [-0.3, -0.25) is 4.79 Å². The Kier molecular flexibility index (Phi) is 9.30. The third kappa shape index (κ3) is 6.45. The molecule has 3 aromatic carbocycles. The molecule has 2 bridgehead atoms. The molecular formula is C31H35BrN2O5. The predicted octanol–water partition coefficient (Wildman–Crippen LogP) is 1.90. The van der Waals surface area contributed by atoms with Crippen molar-refractivity contribution >= 4 is 17.4 Å². The first-order chi connectivity index (χ1) is 18.5. The number of hydrogen-bond donors (Lipinski definition) is 1. The lowest BCUT2D eigenvalue weighted by molar-refractivity contribution is -0.938. The quantitative estimate of drug-likeness (QED) is 0.220. The van der Waals surface area contributed by atoms with Crippen LogP contribution < -0.4 is 31.8 Å². The van der Waals surface area contributed by atoms with Gasteiger partial charge in [-0.1, -0.05) is 60.7 Å². The Labute approximate surface area is 240 Å². The predicted molar refractivity (Wildman–Crippen MR) is 145 cm³/mol. The second-order valence-corrected chi connectivity index (χ2v) is 10.3. The van der Waals surface area contributed by atoms with E-state index in [2.05, 4.69) is 5.32 Å². The van der Waals surface area contributed by atoms with Crippen molar-refractivity contribution in [2.75, 3.05) is 45.7 Å². The lowest BCUT2D eigenvalue weighted by Gasteiger charge is -2.51. The maximum atomic E-state index is 13.8. The van der Waals surface area contributed by atoms with Crippen molar-refractivity contribution in [1.82, 2.24) is 0 Å². The Hall–Kier alpha value is -3.36. The Balaban J connectivity index is 0.00000353. The van der Waals surface area contributed by atoms with E-state index in [-0.39, 0.29) is 34.8 Å². The van der Waals surface area contributed by atoms with Crippen LogP contribution in [0, 0.1) is 5.92 Å². The first-order valence-electron chi connectivity index (χ1n) is 13.2. The molecule has 0 spiro atoms. The first-order valence-corrected chi connectivity index (χ1v) is 13.2. The number of halogens is 1. The summed E-state index contributed by atoms with van der Waals surface area (Å²) in [5, 5.41) is 3.35. The number of ketones is 1. The molecule has 0 aliphatic carbocycles. The van der Waals surface area contributed by atoms with Gasteiger partial charge in [-0.2, -0.15) is 0 Å². The summed E-state index contributed by atoms with van der Waals surface area (Å²) in [6.07, 6.45) is 1.68. The minimum Gasteiger partial charge on any atom is -1.00 e. The number of fused-ring (bicyclic) bond motifs is 3. The Morgan fingerprint density at radius 2 is 1.59 bits per heavy atom. The molecule has 0 amide bonds. The lowest BCUT2D eigenvalue weighted by Crippen LogP contribution is -3.00. The average molecular weight is 596 g/mol. The Morgan fingerprint density at radius 1 is 0.923 bits per heavy atom. The maximum Gasteiger partial charge on any atom is 0.333 e. The summed E-state index contributed by atoms with van der Waals surface area (Å²) in [6, 6.07) is 23.7. The van der Waals surface area contributed by atoms with Crippen LogP contribution in [0.2, 0.25) is 0 Å². The molecule has 2 atom stereocenters. The number of esters is 1. The van der Waals surface area contributed by atoms with E-state index >= 15 is 0 Å². The van der Waals surface area contributed by atoms with Gasteiger partial charge in [0.2, 0.25) is 5.78 Å². The van der Waals surface area contributed by atoms with E-state index < -0.39 is 6.04 Å². The monoisotopic (exact) mass is 594 g/mol. The molecule has 0 saturated carbocycles. The zero-order valence-electron chi connectivity index (χ0n) is 22.3. The van der Waals surface area contributed by atoms with E-state index in [1.54, 1.807) is 20.3 Å². The molecule has 6 rings (SSSR count). The third-order valence-corrected chi connectivity index (χ3v) is 7.96. The Bertz CT molecular complexity index is 1260. The van der Waals surface area contributed by atoms with Crippen LogP contribution >= 0.6 is 0 Å². The molecule has 3 aliphatic heterocycles. The number of rotatable bonds is 10. The fraction of sp³-hybridized carbons (Fsp3) is 0.355. The summed E-state index contributed by atoms with van der Waals surface area (Å²) in [5.74, 6) is 1.37. The maximum absolute atomic E-state index is 13.8. The van der Waals surface area contributed by atoms with Gasteiger partial charge in [-0.15, -0.1) is 0 Å². The highest BCUT2D eigenvalue weighted by Gasteiger charge is 2.49. The largest absolute Gasteiger partial charge is 1.00 e. The van der Waals surface area contributed by atoms with Crippen LogP contribution in [0.5, 0.6) is 11.5 Å². The summed E-state index contributed by atoms with van der Waals surface area (Å²) in [4.78, 5) is 26.8. The number of ether oxygens (including phenoxy) is 3. The highest BCUT2D eigenvalue weighted by Crippen LogP contribution is 2.37. The molecule has 3 aromatic rings. The van der Waals surface area contributed by atoms with Crippen LogP contribution in [0.3, 0.4) is 0 Å². The fourth-order valence-electron chi connectivity index (χ4n) is 5.82. The van der Waals surface area contributed by atoms with Gasteiger partial charge in [0, 0.05) is 30.4 Å². The second kappa shape index (κ2) is 12.7. The van der Waals surface area contributed by atoms with Crippen LogP contribution in [0.4, 0.5) is 5.69 Å². The number of anilines is 1. The molecule has 8 heteroatoms. The number of hydrogen-bond acceptors (Lipinski definition) is 6. The summed E-state index contributed by atoms with van der Waals surface area (Å²) in [7, 11) is 3.19. The highest BCUT2D eigenvalue weighted by molar-refractivity contribution is 5.97. The van der Waals surface area contributed by atoms with E-state index in [0.29, 0.717) is 40.7 Å². The smallest absolute Gasteiger partial charge is 0.333 e. The molecule has 206 valence electrons. The van der Waals surface area contributed by atoms with E-state index in [1.165, 1.54) is 0 Å². The molecule has 3 heterocycles. The van der Waals surface area contributed by atoms with Gasteiger partial charge in [0.05, 0.1) is 33.0 Å². The highest BCUT2D eigenvalue weighted by atomic mass is 79.9. The zero-order valence-corrected chi connectivity index (χ0v) is 23.9. The second-order valence-electron chi connectivity index (χ2n) is 10.3. The SMILES string of the molecule is COc1ccc(OC)c(NC(C(=O)O[C@H]2C[N+]3(CC(=O)c4ccccc4)CCC2CC3)c2ccccc2)c1.[Br-]. The molecule has 0 aromatic heterocycles. The number of nitrogens with one attached hydrogen (secondary N) is 1. The van der Waals surface area contributed by atoms with Crippen LogP contribution in [0.15, 0.2) is 78.9 Å². The van der Waals surface area contributed by atoms with Gasteiger partial charge in [0.15, 0.2) is 12.1 Å². The summed E-state index contributed by atoms with van der Waals surface area (Å²) >= 11 is 0. The molecule has 0 radical (unpaired) electrons. The number of carbonyl (C=O) groups excluding carboxylic acids is 2. The van der Waals surface area contributed by atoms with Crippen molar-refractivity contribution in [2.45, 2.75) is 25.0 Å². The lowest BCUT2D eigenvalue weighted by atomic mass is 9.82. The standard InChI is InChI=1S/C31H35N2O5.BrH/c1-36-25-13-14-28(37-2)26(19-25)32-30(24-11-7-4-8-12-24)31(35)38-29-21-33(17-15-23(29)16-18-33)20-27(34)22-9-5-3-6-10-22;/h3-14,19,23,29-30,32H,15-18,20-21H2,1-2H3;1H/q+1;/p-1/t23?,29-,30?,33?;/m0./s1. The third-order valence-electron chi connectivity index (χ3n) is 7.96. The molecular weight excluding hydrogens is 560 g/mol. The van der Waals surface area contributed by atoms with Crippen molar-refractivity contribution in [1.29, 1.82) is 0 Å². The van der Waals surface area contributed by atoms with E-state index in [4.69, 9.17) is 14.2 Å². The number of piperidine rings is 3. The van der Waals surface area contributed by atoms with Gasteiger partial charge in [-0.05, 0) is 17.7 Å². The number of quaternary nitrogens is 1. The van der Waals surface area contributed by atoms with Crippen LogP contribution in [-0.2, 0) is 9.53 Å². The van der Waals surface area contributed by atoms with Crippen LogP contribution in [-0.4, -0.2) is 62.7 Å². The Morgan fingerprint density at radius 3 is 2.23 bits per heavy atom. The minimum absolute atomic E-state index is 0. The minimum atomic E-state index is -0.730. The zero-order chi connectivity index (χ0) is 26.5. The van der Waals surface area contributed by atoms with Gasteiger partial charge < -0.3 is 41.0 Å². The van der Waals surface area contributed by atoms with Crippen LogP contribution in [0.1, 0.15) is 34.8 Å². The van der Waals surface area contributed by atoms with Crippen molar-refractivity contribution in [3.05, 3.63) is 90.0 Å². The number of benzene rings is 3. The van der Waals surface area contributed by atoms with Crippen LogP contribution in [0.25, 0.3) is 0 Å². The van der Waals surface area contributed by atoms with Gasteiger partial charge >= 0.3 is 5.97 Å². The van der Waals surface area contributed by atoms with Gasteiger partial charge in [0.25, 0.3) is 0 Å². The normalized spacial score (nSPS) is 22.2. The molecule has 1 N–H and O–H groups in total. The topological polar surface area (TPSA) is 73.9 Å².